The van der Waals surface area contributed by atoms with E-state index in [1.807, 2.05) is 22.6 Å². The highest BCUT2D eigenvalue weighted by atomic mass is 127. The van der Waals surface area contributed by atoms with E-state index in [0.29, 0.717) is 5.69 Å². The summed E-state index contributed by atoms with van der Waals surface area (Å²) < 4.78 is 0.785. The van der Waals surface area contributed by atoms with E-state index in [1.165, 1.54) is 6.07 Å². The molecule has 0 aliphatic rings. The lowest BCUT2D eigenvalue weighted by atomic mass is 10.2. The Morgan fingerprint density at radius 3 is 2.88 bits per heavy atom. The Hall–Kier alpha value is -0.600. The van der Waals surface area contributed by atoms with Crippen molar-refractivity contribution < 1.29 is 10.0 Å². The lowest BCUT2D eigenvalue weighted by Gasteiger charge is -2.10. The molecular weight excluding hydrogens is 346 g/mol. The van der Waals surface area contributed by atoms with Crippen LogP contribution in [0.5, 0.6) is 0 Å². The van der Waals surface area contributed by atoms with Gasteiger partial charge in [0, 0.05) is 16.2 Å². The fourth-order valence-corrected chi connectivity index (χ4v) is 1.67. The van der Waals surface area contributed by atoms with Gasteiger partial charge in [0.05, 0.1) is 16.9 Å². The molecule has 0 saturated carbocycles. The number of anilines is 1. The number of nitrogens with zero attached hydrogens (tertiary/aromatic N) is 1. The van der Waals surface area contributed by atoms with Crippen molar-refractivity contribution in [2.24, 2.45) is 0 Å². The van der Waals surface area contributed by atoms with Crippen LogP contribution >= 0.6 is 34.2 Å². The Bertz CT molecular complexity index is 389. The summed E-state index contributed by atoms with van der Waals surface area (Å²) in [4.78, 5) is 10.3. The van der Waals surface area contributed by atoms with Gasteiger partial charge in [0.2, 0.25) is 0 Å². The van der Waals surface area contributed by atoms with E-state index in [4.69, 9.17) is 11.6 Å². The molecule has 0 heterocycles. The molecule has 0 radical (unpaired) electrons. The number of nitro groups is 1. The lowest BCUT2D eigenvalue weighted by molar-refractivity contribution is -0.384. The molecule has 5 nitrogen and oxygen atoms in total. The summed E-state index contributed by atoms with van der Waals surface area (Å²) in [6, 6.07) is 4.83. The zero-order chi connectivity index (χ0) is 12.1. The molecule has 0 amide bonds. The van der Waals surface area contributed by atoms with Crippen molar-refractivity contribution >= 4 is 45.6 Å². The summed E-state index contributed by atoms with van der Waals surface area (Å²) in [5.74, 6) is 0.0885. The number of halogens is 2. The highest BCUT2D eigenvalue weighted by molar-refractivity contribution is 14.1. The van der Waals surface area contributed by atoms with Crippen LogP contribution in [0.2, 0.25) is 0 Å². The number of alkyl halides is 1. The Kier molecular flexibility index (Phi) is 5.23. The molecule has 0 aliphatic carbocycles. The van der Waals surface area contributed by atoms with Crippen molar-refractivity contribution in [1.29, 1.82) is 0 Å². The van der Waals surface area contributed by atoms with Gasteiger partial charge in [-0.05, 0) is 34.7 Å². The molecule has 2 N–H and O–H groups in total. The van der Waals surface area contributed by atoms with E-state index < -0.39 is 11.0 Å². The molecule has 0 aliphatic heterocycles. The quantitative estimate of drug-likeness (QED) is 0.367. The zero-order valence-electron chi connectivity index (χ0n) is 8.19. The van der Waals surface area contributed by atoms with E-state index in [1.54, 1.807) is 12.1 Å². The predicted molar refractivity (Wildman–Crippen MR) is 71.0 cm³/mol. The second-order valence-electron chi connectivity index (χ2n) is 3.11. The van der Waals surface area contributed by atoms with Gasteiger partial charge in [-0.25, -0.2) is 0 Å². The molecular formula is C9H10ClIN2O3. The summed E-state index contributed by atoms with van der Waals surface area (Å²) in [6.45, 7) is 0.185. The minimum atomic E-state index is -0.722. The van der Waals surface area contributed by atoms with E-state index in [-0.39, 0.29) is 18.1 Å². The molecule has 0 aromatic heterocycles. The number of hydrogen-bond acceptors (Lipinski definition) is 4. The number of benzene rings is 1. The fraction of sp³-hybridized carbons (Fsp3) is 0.333. The minimum absolute atomic E-state index is 0.00586. The average Bonchev–Trinajstić information content (AvgIpc) is 2.26. The topological polar surface area (TPSA) is 75.4 Å². The van der Waals surface area contributed by atoms with Crippen LogP contribution in [0, 0.1) is 13.7 Å². The number of nitrogens with one attached hydrogen (secondary N) is 1. The number of rotatable bonds is 5. The van der Waals surface area contributed by atoms with E-state index in [2.05, 4.69) is 5.32 Å². The Labute approximate surface area is 111 Å². The summed E-state index contributed by atoms with van der Waals surface area (Å²) in [6.07, 6.45) is -0.722. The third-order valence-electron chi connectivity index (χ3n) is 1.86. The predicted octanol–water partition coefficient (Wildman–Crippen LogP) is 2.21. The largest absolute Gasteiger partial charge is 0.390 e. The van der Waals surface area contributed by atoms with E-state index in [9.17, 15) is 15.2 Å². The smallest absolute Gasteiger partial charge is 0.293 e. The van der Waals surface area contributed by atoms with E-state index in [0.717, 1.165) is 3.57 Å². The number of aliphatic hydroxyl groups excluding tert-OH is 1. The molecule has 1 aromatic rings. The van der Waals surface area contributed by atoms with Crippen molar-refractivity contribution in [2.75, 3.05) is 17.7 Å². The van der Waals surface area contributed by atoms with Crippen molar-refractivity contribution in [3.63, 3.8) is 0 Å². The zero-order valence-corrected chi connectivity index (χ0v) is 11.1. The third kappa shape index (κ3) is 3.76. The van der Waals surface area contributed by atoms with Crippen LogP contribution in [-0.4, -0.2) is 28.6 Å². The molecule has 0 fully saturated rings. The van der Waals surface area contributed by atoms with Crippen LogP contribution in [-0.2, 0) is 0 Å². The second kappa shape index (κ2) is 6.21. The molecule has 16 heavy (non-hydrogen) atoms. The Morgan fingerprint density at radius 2 is 2.31 bits per heavy atom. The van der Waals surface area contributed by atoms with Gasteiger partial charge in [-0.3, -0.25) is 10.1 Å². The first kappa shape index (κ1) is 13.5. The molecule has 1 rings (SSSR count). The maximum absolute atomic E-state index is 10.8. The summed E-state index contributed by atoms with van der Waals surface area (Å²) in [5.41, 5.74) is 0.378. The Balaban J connectivity index is 2.82. The van der Waals surface area contributed by atoms with Crippen LogP contribution in [0.3, 0.4) is 0 Å². The standard InChI is InChI=1S/C9H10ClIN2O3/c10-4-7(14)5-12-8-2-1-6(11)3-9(8)13(15)16/h1-3,7,12,14H,4-5H2. The molecule has 0 saturated heterocycles. The van der Waals surface area contributed by atoms with Gasteiger partial charge in [0.1, 0.15) is 5.69 Å². The number of hydrogen-bond donors (Lipinski definition) is 2. The van der Waals surface area contributed by atoms with Gasteiger partial charge in [-0.2, -0.15) is 0 Å². The molecule has 1 atom stereocenters. The van der Waals surface area contributed by atoms with Crippen LogP contribution in [0.15, 0.2) is 18.2 Å². The van der Waals surface area contributed by atoms with Crippen LogP contribution in [0.25, 0.3) is 0 Å². The van der Waals surface area contributed by atoms with Crippen LogP contribution in [0.1, 0.15) is 0 Å². The third-order valence-corrected chi connectivity index (χ3v) is 2.89. The van der Waals surface area contributed by atoms with Gasteiger partial charge in [-0.1, -0.05) is 0 Å². The Morgan fingerprint density at radius 1 is 1.62 bits per heavy atom. The molecule has 1 unspecified atom stereocenters. The van der Waals surface area contributed by atoms with Crippen molar-refractivity contribution in [1.82, 2.24) is 0 Å². The molecule has 0 spiro atoms. The van der Waals surface area contributed by atoms with Gasteiger partial charge >= 0.3 is 0 Å². The summed E-state index contributed by atoms with van der Waals surface area (Å²) in [7, 11) is 0. The maximum atomic E-state index is 10.8. The van der Waals surface area contributed by atoms with Gasteiger partial charge in [-0.15, -0.1) is 11.6 Å². The normalized spacial score (nSPS) is 12.2. The van der Waals surface area contributed by atoms with Crippen molar-refractivity contribution in [3.8, 4) is 0 Å². The average molecular weight is 357 g/mol. The van der Waals surface area contributed by atoms with Crippen molar-refractivity contribution in [2.45, 2.75) is 6.10 Å². The highest BCUT2D eigenvalue weighted by Crippen LogP contribution is 2.26. The summed E-state index contributed by atoms with van der Waals surface area (Å²) >= 11 is 7.42. The second-order valence-corrected chi connectivity index (χ2v) is 4.66. The molecule has 0 bridgehead atoms. The van der Waals surface area contributed by atoms with Gasteiger partial charge in [0.25, 0.3) is 5.69 Å². The summed E-state index contributed by atoms with van der Waals surface area (Å²) in [5, 5.41) is 22.8. The molecule has 1 aromatic carbocycles. The molecule has 7 heteroatoms. The number of aliphatic hydroxyl groups is 1. The van der Waals surface area contributed by atoms with Crippen molar-refractivity contribution in [3.05, 3.63) is 31.9 Å². The lowest BCUT2D eigenvalue weighted by Crippen LogP contribution is -2.21. The first-order valence-electron chi connectivity index (χ1n) is 4.46. The number of nitro benzene ring substituents is 1. The monoisotopic (exact) mass is 356 g/mol. The first-order chi connectivity index (χ1) is 7.54. The first-order valence-corrected chi connectivity index (χ1v) is 6.07. The van der Waals surface area contributed by atoms with Crippen LogP contribution in [0.4, 0.5) is 11.4 Å². The fourth-order valence-electron chi connectivity index (χ4n) is 1.09. The van der Waals surface area contributed by atoms with Gasteiger partial charge < -0.3 is 10.4 Å². The van der Waals surface area contributed by atoms with Gasteiger partial charge in [0.15, 0.2) is 0 Å². The SMILES string of the molecule is O=[N+]([O-])c1cc(I)ccc1NCC(O)CCl. The maximum Gasteiger partial charge on any atom is 0.293 e. The minimum Gasteiger partial charge on any atom is -0.390 e. The van der Waals surface area contributed by atoms with Crippen LogP contribution < -0.4 is 5.32 Å². The van der Waals surface area contributed by atoms with E-state index >= 15 is 0 Å². The molecule has 88 valence electrons. The highest BCUT2D eigenvalue weighted by Gasteiger charge is 2.14.